The van der Waals surface area contributed by atoms with Gasteiger partial charge in [-0.25, -0.2) is 0 Å². The lowest BCUT2D eigenvalue weighted by Crippen LogP contribution is -2.44. The first-order chi connectivity index (χ1) is 14.7. The number of fused-ring (bicyclic) bond motifs is 4. The number of hydrogen-bond acceptors (Lipinski definition) is 3. The summed E-state index contributed by atoms with van der Waals surface area (Å²) >= 11 is 0. The van der Waals surface area contributed by atoms with Crippen molar-refractivity contribution in [2.24, 2.45) is 17.8 Å². The van der Waals surface area contributed by atoms with Gasteiger partial charge in [-0.15, -0.1) is 0 Å². The molecule has 2 bridgehead atoms. The smallest absolute Gasteiger partial charge is 0.255 e. The number of likely N-dealkylation sites (tertiary alicyclic amines) is 1. The fraction of sp³-hybridized carbons (Fsp3) is 0.500. The van der Waals surface area contributed by atoms with Gasteiger partial charge in [-0.1, -0.05) is 36.4 Å². The second-order valence-corrected chi connectivity index (χ2v) is 9.95. The Labute approximate surface area is 178 Å². The lowest BCUT2D eigenvalue weighted by atomic mass is 9.73. The number of furan rings is 1. The summed E-state index contributed by atoms with van der Waals surface area (Å²) in [6.07, 6.45) is 14.2. The highest BCUT2D eigenvalue weighted by Crippen LogP contribution is 2.51. The van der Waals surface area contributed by atoms with Crippen LogP contribution in [0.15, 0.2) is 59.4 Å². The van der Waals surface area contributed by atoms with Gasteiger partial charge in [-0.05, 0) is 80.1 Å². The molecule has 2 fully saturated rings. The van der Waals surface area contributed by atoms with E-state index in [1.54, 1.807) is 12.3 Å². The molecule has 1 N–H and O–H groups in total. The Morgan fingerprint density at radius 2 is 2.00 bits per heavy atom. The molecular weight excluding hydrogens is 372 g/mol. The van der Waals surface area contributed by atoms with E-state index in [2.05, 4.69) is 46.6 Å². The summed E-state index contributed by atoms with van der Waals surface area (Å²) in [4.78, 5) is 15.4. The number of benzene rings is 1. The number of hydrogen-bond donors (Lipinski definition) is 1. The SMILES string of the molecule is O=C(N[C@H]1CC2(CCN(C[C@@H]3C[C@H]4C=CC3C4)CC2)c2ccccc21)c1ccoc1. The summed E-state index contributed by atoms with van der Waals surface area (Å²) < 4.78 is 5.09. The number of nitrogens with one attached hydrogen (secondary N) is 1. The van der Waals surface area contributed by atoms with E-state index < -0.39 is 0 Å². The van der Waals surface area contributed by atoms with Gasteiger partial charge in [0.2, 0.25) is 0 Å². The first kappa shape index (κ1) is 18.4. The summed E-state index contributed by atoms with van der Waals surface area (Å²) in [6, 6.07) is 10.6. The number of rotatable bonds is 4. The van der Waals surface area contributed by atoms with Crippen molar-refractivity contribution in [3.05, 3.63) is 71.7 Å². The van der Waals surface area contributed by atoms with Crippen molar-refractivity contribution in [2.75, 3.05) is 19.6 Å². The van der Waals surface area contributed by atoms with Crippen LogP contribution in [0.3, 0.4) is 0 Å². The highest BCUT2D eigenvalue weighted by Gasteiger charge is 2.46. The third kappa shape index (κ3) is 3.04. The van der Waals surface area contributed by atoms with Gasteiger partial charge in [0.05, 0.1) is 17.9 Å². The Morgan fingerprint density at radius 3 is 2.73 bits per heavy atom. The highest BCUT2D eigenvalue weighted by atomic mass is 16.3. The molecule has 156 valence electrons. The molecular formula is C26H30N2O2. The van der Waals surface area contributed by atoms with Crippen LogP contribution in [0, 0.1) is 17.8 Å². The maximum absolute atomic E-state index is 12.7. The van der Waals surface area contributed by atoms with Gasteiger partial charge in [0.25, 0.3) is 5.91 Å². The molecule has 30 heavy (non-hydrogen) atoms. The highest BCUT2D eigenvalue weighted by molar-refractivity contribution is 5.94. The largest absolute Gasteiger partial charge is 0.472 e. The molecule has 1 saturated carbocycles. The summed E-state index contributed by atoms with van der Waals surface area (Å²) in [6.45, 7) is 3.62. The van der Waals surface area contributed by atoms with Crippen LogP contribution in [0.25, 0.3) is 0 Å². The topological polar surface area (TPSA) is 45.5 Å². The molecule has 1 aromatic carbocycles. The molecule has 0 radical (unpaired) electrons. The Hall–Kier alpha value is -2.33. The van der Waals surface area contributed by atoms with Crippen LogP contribution in [0.5, 0.6) is 0 Å². The quantitative estimate of drug-likeness (QED) is 0.754. The van der Waals surface area contributed by atoms with Crippen molar-refractivity contribution < 1.29 is 9.21 Å². The van der Waals surface area contributed by atoms with E-state index in [0.29, 0.717) is 5.56 Å². The van der Waals surface area contributed by atoms with E-state index in [9.17, 15) is 4.79 Å². The van der Waals surface area contributed by atoms with Gasteiger partial charge in [-0.3, -0.25) is 4.79 Å². The van der Waals surface area contributed by atoms with Gasteiger partial charge < -0.3 is 14.6 Å². The van der Waals surface area contributed by atoms with Crippen molar-refractivity contribution in [1.82, 2.24) is 10.2 Å². The Balaban J connectivity index is 1.15. The fourth-order valence-corrected chi connectivity index (χ4v) is 6.73. The Bertz CT molecular complexity index is 955. The molecule has 4 heteroatoms. The minimum atomic E-state index is -0.0395. The molecule has 1 amide bonds. The molecule has 2 aromatic rings. The van der Waals surface area contributed by atoms with Crippen LogP contribution < -0.4 is 5.32 Å². The number of carbonyl (C=O) groups excluding carboxylic acids is 1. The maximum atomic E-state index is 12.7. The van der Waals surface area contributed by atoms with Crippen molar-refractivity contribution in [1.29, 1.82) is 0 Å². The van der Waals surface area contributed by atoms with Crippen LogP contribution in [0.2, 0.25) is 0 Å². The molecule has 4 atom stereocenters. The zero-order valence-electron chi connectivity index (χ0n) is 17.4. The van der Waals surface area contributed by atoms with Crippen LogP contribution in [-0.2, 0) is 5.41 Å². The lowest BCUT2D eigenvalue weighted by Gasteiger charge is -2.41. The van der Waals surface area contributed by atoms with Crippen molar-refractivity contribution >= 4 is 5.91 Å². The summed E-state index contributed by atoms with van der Waals surface area (Å²) in [5.74, 6) is 2.52. The average Bonchev–Trinajstić information content (AvgIpc) is 3.56. The second kappa shape index (κ2) is 7.12. The molecule has 3 aliphatic carbocycles. The lowest BCUT2D eigenvalue weighted by molar-refractivity contribution is 0.0920. The molecule has 1 spiro atoms. The molecule has 1 aromatic heterocycles. The third-order valence-corrected chi connectivity index (χ3v) is 8.31. The summed E-state index contributed by atoms with van der Waals surface area (Å²) in [5.41, 5.74) is 3.57. The number of nitrogens with zero attached hydrogens (tertiary/aromatic N) is 1. The van der Waals surface area contributed by atoms with Gasteiger partial charge >= 0.3 is 0 Å². The third-order valence-electron chi connectivity index (χ3n) is 8.31. The minimum Gasteiger partial charge on any atom is -0.472 e. The van der Waals surface area contributed by atoms with Crippen LogP contribution in [0.4, 0.5) is 0 Å². The summed E-state index contributed by atoms with van der Waals surface area (Å²) in [7, 11) is 0. The van der Waals surface area contributed by atoms with E-state index in [1.165, 1.54) is 62.7 Å². The van der Waals surface area contributed by atoms with E-state index >= 15 is 0 Å². The van der Waals surface area contributed by atoms with E-state index in [0.717, 1.165) is 24.2 Å². The van der Waals surface area contributed by atoms with Crippen molar-refractivity contribution in [2.45, 2.75) is 43.6 Å². The predicted molar refractivity (Wildman–Crippen MR) is 116 cm³/mol. The normalized spacial score (nSPS) is 31.3. The zero-order chi connectivity index (χ0) is 20.1. The second-order valence-electron chi connectivity index (χ2n) is 9.95. The van der Waals surface area contributed by atoms with E-state index in [4.69, 9.17) is 4.42 Å². The molecule has 2 heterocycles. The van der Waals surface area contributed by atoms with Crippen LogP contribution >= 0.6 is 0 Å². The number of carbonyl (C=O) groups is 1. The van der Waals surface area contributed by atoms with Gasteiger partial charge in [0, 0.05) is 12.0 Å². The van der Waals surface area contributed by atoms with E-state index in [1.807, 2.05) is 0 Å². The Kier molecular flexibility index (Phi) is 4.38. The van der Waals surface area contributed by atoms with Crippen LogP contribution in [0.1, 0.15) is 59.6 Å². The molecule has 6 rings (SSSR count). The fourth-order valence-electron chi connectivity index (χ4n) is 6.73. The first-order valence-corrected chi connectivity index (χ1v) is 11.5. The average molecular weight is 403 g/mol. The van der Waals surface area contributed by atoms with E-state index in [-0.39, 0.29) is 17.4 Å². The molecule has 1 saturated heterocycles. The molecule has 1 aliphatic heterocycles. The standard InChI is InChI=1S/C26H30N2O2/c29-25(20-7-12-30-17-20)27-24-15-26(23-4-2-1-3-22(23)24)8-10-28(11-9-26)16-21-14-18-5-6-19(21)13-18/h1-7,12,17-19,21,24H,8-11,13-16H2,(H,27,29)/t18-,19?,21-,24-/m0/s1. The number of piperidine rings is 1. The van der Waals surface area contributed by atoms with Gasteiger partial charge in [-0.2, -0.15) is 0 Å². The monoisotopic (exact) mass is 402 g/mol. The predicted octanol–water partition coefficient (Wildman–Crippen LogP) is 4.70. The summed E-state index contributed by atoms with van der Waals surface area (Å²) in [5, 5.41) is 3.28. The minimum absolute atomic E-state index is 0.0395. The zero-order valence-corrected chi connectivity index (χ0v) is 17.4. The number of allylic oxidation sites excluding steroid dienone is 2. The Morgan fingerprint density at radius 1 is 1.13 bits per heavy atom. The van der Waals surface area contributed by atoms with Crippen LogP contribution in [-0.4, -0.2) is 30.4 Å². The molecule has 1 unspecified atom stereocenters. The number of amides is 1. The van der Waals surface area contributed by atoms with Crippen molar-refractivity contribution in [3.63, 3.8) is 0 Å². The first-order valence-electron chi connectivity index (χ1n) is 11.5. The maximum Gasteiger partial charge on any atom is 0.255 e. The van der Waals surface area contributed by atoms with Crippen molar-refractivity contribution in [3.8, 4) is 0 Å². The molecule has 4 nitrogen and oxygen atoms in total. The van der Waals surface area contributed by atoms with Gasteiger partial charge in [0.15, 0.2) is 0 Å². The molecule has 4 aliphatic rings. The van der Waals surface area contributed by atoms with Gasteiger partial charge in [0.1, 0.15) is 6.26 Å².